The summed E-state index contributed by atoms with van der Waals surface area (Å²) in [5.41, 5.74) is 1.66. The Kier molecular flexibility index (Phi) is 6.38. The molecule has 2 aromatic heterocycles. The van der Waals surface area contributed by atoms with E-state index in [1.807, 2.05) is 37.3 Å². The number of carbonyl (C=O) groups excluding carboxylic acids is 2. The third-order valence-electron chi connectivity index (χ3n) is 7.83. The van der Waals surface area contributed by atoms with Crippen molar-refractivity contribution >= 4 is 33.4 Å². The Morgan fingerprint density at radius 2 is 1.97 bits per heavy atom. The van der Waals surface area contributed by atoms with E-state index in [0.29, 0.717) is 24.7 Å². The van der Waals surface area contributed by atoms with Crippen LogP contribution in [-0.4, -0.2) is 40.0 Å². The topological polar surface area (TPSA) is 63.6 Å². The van der Waals surface area contributed by atoms with Crippen LogP contribution in [0.4, 0.5) is 0 Å². The summed E-state index contributed by atoms with van der Waals surface area (Å²) in [4.78, 5) is 30.9. The van der Waals surface area contributed by atoms with E-state index in [4.69, 9.17) is 4.74 Å². The van der Waals surface area contributed by atoms with Gasteiger partial charge < -0.3 is 19.5 Å². The Bertz CT molecular complexity index is 1250. The molecule has 2 aliphatic rings. The van der Waals surface area contributed by atoms with Gasteiger partial charge in [0.2, 0.25) is 5.91 Å². The Morgan fingerprint density at radius 3 is 2.69 bits per heavy atom. The van der Waals surface area contributed by atoms with Crippen LogP contribution in [0.15, 0.2) is 36.4 Å². The predicted octanol–water partition coefficient (Wildman–Crippen LogP) is 5.38. The van der Waals surface area contributed by atoms with Crippen molar-refractivity contribution in [1.82, 2.24) is 14.8 Å². The average molecular weight is 494 g/mol. The minimum absolute atomic E-state index is 0.0632. The van der Waals surface area contributed by atoms with Gasteiger partial charge in [0.1, 0.15) is 17.0 Å². The summed E-state index contributed by atoms with van der Waals surface area (Å²) in [6.07, 6.45) is 5.21. The SMILES string of the molecule is CCc1cc2c(cc3n2C[C@@](C)(C(=O)NC2CCC(C)CC2)N(Cc2cccc(OC)c2)C3=O)s1. The van der Waals surface area contributed by atoms with Crippen molar-refractivity contribution in [1.29, 1.82) is 0 Å². The molecule has 1 N–H and O–H groups in total. The summed E-state index contributed by atoms with van der Waals surface area (Å²) in [6, 6.07) is 12.1. The molecule has 0 bridgehead atoms. The summed E-state index contributed by atoms with van der Waals surface area (Å²) in [5.74, 6) is 1.29. The first-order valence-corrected chi connectivity index (χ1v) is 13.5. The lowest BCUT2D eigenvalue weighted by Gasteiger charge is -2.45. The van der Waals surface area contributed by atoms with Gasteiger partial charge in [-0.3, -0.25) is 9.59 Å². The van der Waals surface area contributed by atoms with E-state index in [0.717, 1.165) is 53.6 Å². The third-order valence-corrected chi connectivity index (χ3v) is 9.05. The average Bonchev–Trinajstić information content (AvgIpc) is 3.42. The van der Waals surface area contributed by atoms with Crippen LogP contribution in [0.2, 0.25) is 0 Å². The number of thiophene rings is 1. The molecule has 1 fully saturated rings. The number of aryl methyl sites for hydroxylation is 1. The molecule has 35 heavy (non-hydrogen) atoms. The molecule has 1 aliphatic carbocycles. The van der Waals surface area contributed by atoms with Crippen molar-refractivity contribution < 1.29 is 14.3 Å². The quantitative estimate of drug-likeness (QED) is 0.501. The first kappa shape index (κ1) is 23.9. The molecular formula is C28H35N3O3S. The highest BCUT2D eigenvalue weighted by molar-refractivity contribution is 7.19. The van der Waals surface area contributed by atoms with Crippen molar-refractivity contribution in [3.05, 3.63) is 52.5 Å². The zero-order chi connectivity index (χ0) is 24.7. The summed E-state index contributed by atoms with van der Waals surface area (Å²) in [7, 11) is 1.64. The number of amides is 2. The largest absolute Gasteiger partial charge is 0.497 e. The number of benzene rings is 1. The Hall–Kier alpha value is -2.80. The lowest BCUT2D eigenvalue weighted by Crippen LogP contribution is -2.64. The Morgan fingerprint density at radius 1 is 1.20 bits per heavy atom. The standard InChI is InChI=1S/C28H35N3O3S/c1-5-22-14-23-25(35-22)15-24-26(32)31(16-19-7-6-8-21(13-19)34-4)28(3,17-30(23)24)27(33)29-20-11-9-18(2)10-12-20/h6-8,13-15,18,20H,5,9-12,16-17H2,1-4H3,(H,29,33)/t18?,20?,28-/m0/s1. The second kappa shape index (κ2) is 9.34. The number of methoxy groups -OCH3 is 1. The number of nitrogens with one attached hydrogen (secondary N) is 1. The number of hydrogen-bond donors (Lipinski definition) is 1. The van der Waals surface area contributed by atoms with Gasteiger partial charge in [-0.2, -0.15) is 0 Å². The van der Waals surface area contributed by atoms with E-state index < -0.39 is 5.54 Å². The maximum atomic E-state index is 14.0. The number of hydrogen-bond acceptors (Lipinski definition) is 4. The maximum Gasteiger partial charge on any atom is 0.271 e. The molecule has 1 saturated carbocycles. The highest BCUT2D eigenvalue weighted by atomic mass is 32.1. The number of rotatable bonds is 6. The molecular weight excluding hydrogens is 458 g/mol. The zero-order valence-corrected chi connectivity index (χ0v) is 21.9. The summed E-state index contributed by atoms with van der Waals surface area (Å²) in [5, 5.41) is 3.33. The van der Waals surface area contributed by atoms with Crippen LogP contribution in [-0.2, 0) is 24.3 Å². The van der Waals surface area contributed by atoms with Crippen LogP contribution in [0.3, 0.4) is 0 Å². The third kappa shape index (κ3) is 4.35. The van der Waals surface area contributed by atoms with Crippen LogP contribution >= 0.6 is 11.3 Å². The minimum Gasteiger partial charge on any atom is -0.497 e. The Balaban J connectivity index is 1.52. The fourth-order valence-electron chi connectivity index (χ4n) is 5.51. The van der Waals surface area contributed by atoms with E-state index in [1.54, 1.807) is 23.3 Å². The monoisotopic (exact) mass is 493 g/mol. The molecule has 5 rings (SSSR count). The molecule has 0 saturated heterocycles. The van der Waals surface area contributed by atoms with Gasteiger partial charge in [0, 0.05) is 17.5 Å². The molecule has 0 spiro atoms. The number of ether oxygens (including phenoxy) is 1. The van der Waals surface area contributed by atoms with Gasteiger partial charge >= 0.3 is 0 Å². The second-order valence-electron chi connectivity index (χ2n) is 10.4. The van der Waals surface area contributed by atoms with E-state index in [-0.39, 0.29) is 17.9 Å². The van der Waals surface area contributed by atoms with Crippen molar-refractivity contribution in [3.8, 4) is 5.75 Å². The van der Waals surface area contributed by atoms with Crippen LogP contribution in [0.5, 0.6) is 5.75 Å². The molecule has 186 valence electrons. The van der Waals surface area contributed by atoms with Gasteiger partial charge in [0.05, 0.1) is 23.9 Å². The minimum atomic E-state index is -1.00. The van der Waals surface area contributed by atoms with E-state index in [9.17, 15) is 9.59 Å². The van der Waals surface area contributed by atoms with Crippen molar-refractivity contribution in [2.45, 2.75) is 77.5 Å². The molecule has 0 unspecified atom stereocenters. The first-order chi connectivity index (χ1) is 16.8. The molecule has 1 atom stereocenters. The van der Waals surface area contributed by atoms with E-state index >= 15 is 0 Å². The molecule has 1 aliphatic heterocycles. The number of carbonyl (C=O) groups is 2. The zero-order valence-electron chi connectivity index (χ0n) is 21.1. The molecule has 3 heterocycles. The summed E-state index contributed by atoms with van der Waals surface area (Å²) >= 11 is 1.73. The summed E-state index contributed by atoms with van der Waals surface area (Å²) in [6.45, 7) is 7.13. The number of fused-ring (bicyclic) bond motifs is 3. The smallest absolute Gasteiger partial charge is 0.271 e. The molecule has 0 radical (unpaired) electrons. The van der Waals surface area contributed by atoms with Crippen molar-refractivity contribution in [3.63, 3.8) is 0 Å². The van der Waals surface area contributed by atoms with Crippen LogP contribution in [0.25, 0.3) is 10.2 Å². The lowest BCUT2D eigenvalue weighted by atomic mass is 9.86. The fraction of sp³-hybridized carbons (Fsp3) is 0.500. The molecule has 7 heteroatoms. The van der Waals surface area contributed by atoms with Crippen LogP contribution in [0, 0.1) is 5.92 Å². The number of nitrogens with zero attached hydrogens (tertiary/aromatic N) is 2. The van der Waals surface area contributed by atoms with Gasteiger partial charge in [0.15, 0.2) is 0 Å². The normalized spacial score (nSPS) is 24.5. The fourth-order valence-corrected chi connectivity index (χ4v) is 6.55. The van der Waals surface area contributed by atoms with Gasteiger partial charge in [-0.05, 0) is 74.8 Å². The van der Waals surface area contributed by atoms with E-state index in [1.165, 1.54) is 4.88 Å². The molecule has 6 nitrogen and oxygen atoms in total. The van der Waals surface area contributed by atoms with Crippen LogP contribution < -0.4 is 10.1 Å². The maximum absolute atomic E-state index is 14.0. The van der Waals surface area contributed by atoms with Crippen molar-refractivity contribution in [2.75, 3.05) is 7.11 Å². The van der Waals surface area contributed by atoms with Gasteiger partial charge in [-0.1, -0.05) is 26.0 Å². The molecule has 2 amide bonds. The van der Waals surface area contributed by atoms with Gasteiger partial charge in [-0.25, -0.2) is 0 Å². The summed E-state index contributed by atoms with van der Waals surface area (Å²) < 4.78 is 8.58. The van der Waals surface area contributed by atoms with Gasteiger partial charge in [-0.15, -0.1) is 11.3 Å². The first-order valence-electron chi connectivity index (χ1n) is 12.7. The Labute approximate surface area is 211 Å². The predicted molar refractivity (Wildman–Crippen MR) is 140 cm³/mol. The van der Waals surface area contributed by atoms with Gasteiger partial charge in [0.25, 0.3) is 5.91 Å². The molecule has 1 aromatic carbocycles. The second-order valence-corrected chi connectivity index (χ2v) is 11.5. The lowest BCUT2D eigenvalue weighted by molar-refractivity contribution is -0.134. The van der Waals surface area contributed by atoms with E-state index in [2.05, 4.69) is 29.8 Å². The highest BCUT2D eigenvalue weighted by Gasteiger charge is 2.48. The highest BCUT2D eigenvalue weighted by Crippen LogP contribution is 2.37. The molecule has 3 aromatic rings. The van der Waals surface area contributed by atoms with Crippen molar-refractivity contribution in [2.24, 2.45) is 5.92 Å². The van der Waals surface area contributed by atoms with Crippen LogP contribution in [0.1, 0.15) is 67.4 Å². The number of aromatic nitrogens is 1.